The lowest BCUT2D eigenvalue weighted by Crippen LogP contribution is -2.03. The second-order valence-corrected chi connectivity index (χ2v) is 6.83. The molecule has 0 saturated heterocycles. The molecule has 1 atom stereocenters. The lowest BCUT2D eigenvalue weighted by atomic mass is 10.0. The Morgan fingerprint density at radius 3 is 1.38 bits per heavy atom. The van der Waals surface area contributed by atoms with Crippen LogP contribution in [-0.4, -0.2) is 34.0 Å². The first-order valence-corrected chi connectivity index (χ1v) is 10.5. The van der Waals surface area contributed by atoms with Crippen molar-refractivity contribution in [3.63, 3.8) is 0 Å². The van der Waals surface area contributed by atoms with Gasteiger partial charge in [-0.3, -0.25) is 4.79 Å². The van der Waals surface area contributed by atoms with Gasteiger partial charge in [0, 0.05) is 6.42 Å². The number of aliphatic carboxylic acids is 1. The van der Waals surface area contributed by atoms with Crippen molar-refractivity contribution in [1.82, 2.24) is 0 Å². The summed E-state index contributed by atoms with van der Waals surface area (Å²) in [5.74, 6) is -0.655. The van der Waals surface area contributed by atoms with Gasteiger partial charge in [-0.05, 0) is 20.3 Å². The van der Waals surface area contributed by atoms with Gasteiger partial charge < -0.3 is 15.3 Å². The molecule has 0 aromatic heterocycles. The SMILES string of the molecule is C=CC.CC(O)CO.CCCCCCCCCCCCCCCC(=O)O. The largest absolute Gasteiger partial charge is 0.481 e. The van der Waals surface area contributed by atoms with Crippen LogP contribution in [0.5, 0.6) is 0 Å². The van der Waals surface area contributed by atoms with E-state index in [1.54, 1.807) is 6.08 Å². The smallest absolute Gasteiger partial charge is 0.303 e. The van der Waals surface area contributed by atoms with E-state index in [1.165, 1.54) is 77.6 Å². The highest BCUT2D eigenvalue weighted by Gasteiger charge is 1.96. The van der Waals surface area contributed by atoms with Crippen molar-refractivity contribution in [2.24, 2.45) is 0 Å². The number of hydrogen-bond acceptors (Lipinski definition) is 3. The predicted octanol–water partition coefficient (Wildman–Crippen LogP) is 6.10. The summed E-state index contributed by atoms with van der Waals surface area (Å²) in [5, 5.41) is 24.5. The minimum Gasteiger partial charge on any atom is -0.481 e. The van der Waals surface area contributed by atoms with Crippen molar-refractivity contribution in [2.45, 2.75) is 117 Å². The number of unbranched alkanes of at least 4 members (excludes halogenated alkanes) is 12. The number of aliphatic hydroxyl groups is 2. The highest BCUT2D eigenvalue weighted by Crippen LogP contribution is 2.12. The lowest BCUT2D eigenvalue weighted by molar-refractivity contribution is -0.137. The van der Waals surface area contributed by atoms with Gasteiger partial charge in [0.25, 0.3) is 0 Å². The summed E-state index contributed by atoms with van der Waals surface area (Å²) in [6, 6.07) is 0. The normalized spacial score (nSPS) is 10.8. The first kappa shape index (κ1) is 29.9. The van der Waals surface area contributed by atoms with Crippen LogP contribution in [0.25, 0.3) is 0 Å². The van der Waals surface area contributed by atoms with E-state index in [2.05, 4.69) is 13.5 Å². The molecular weight excluding hydrogens is 328 g/mol. The Labute approximate surface area is 162 Å². The first-order valence-electron chi connectivity index (χ1n) is 10.5. The van der Waals surface area contributed by atoms with Crippen LogP contribution in [-0.2, 0) is 4.79 Å². The van der Waals surface area contributed by atoms with Crippen LogP contribution in [0.4, 0.5) is 0 Å². The highest BCUT2D eigenvalue weighted by atomic mass is 16.4. The molecule has 4 heteroatoms. The molecule has 3 N–H and O–H groups in total. The molecule has 0 bridgehead atoms. The number of aliphatic hydroxyl groups excluding tert-OH is 2. The summed E-state index contributed by atoms with van der Waals surface area (Å²) in [6.07, 6.45) is 18.5. The van der Waals surface area contributed by atoms with Gasteiger partial charge in [0.2, 0.25) is 0 Å². The minimum absolute atomic E-state index is 0.139. The van der Waals surface area contributed by atoms with Crippen molar-refractivity contribution < 1.29 is 20.1 Å². The van der Waals surface area contributed by atoms with Gasteiger partial charge in [0.15, 0.2) is 0 Å². The molecule has 158 valence electrons. The number of hydrogen-bond donors (Lipinski definition) is 3. The Kier molecular flexibility index (Phi) is 33.2. The molecule has 0 spiro atoms. The third-order valence-electron chi connectivity index (χ3n) is 3.76. The number of carboxylic acids is 1. The van der Waals surface area contributed by atoms with Crippen molar-refractivity contribution in [3.8, 4) is 0 Å². The Morgan fingerprint density at radius 1 is 0.885 bits per heavy atom. The topological polar surface area (TPSA) is 77.8 Å². The summed E-state index contributed by atoms with van der Waals surface area (Å²) in [7, 11) is 0. The van der Waals surface area contributed by atoms with Crippen LogP contribution >= 0.6 is 0 Å². The van der Waals surface area contributed by atoms with Crippen LogP contribution in [0.1, 0.15) is 111 Å². The van der Waals surface area contributed by atoms with E-state index in [0.717, 1.165) is 12.8 Å². The third kappa shape index (κ3) is 43.5. The Bertz CT molecular complexity index is 265. The van der Waals surface area contributed by atoms with Gasteiger partial charge in [-0.25, -0.2) is 0 Å². The Balaban J connectivity index is -0.000000553. The van der Waals surface area contributed by atoms with Gasteiger partial charge in [-0.2, -0.15) is 0 Å². The third-order valence-corrected chi connectivity index (χ3v) is 3.76. The van der Waals surface area contributed by atoms with Crippen LogP contribution in [0.3, 0.4) is 0 Å². The van der Waals surface area contributed by atoms with Crippen LogP contribution < -0.4 is 0 Å². The molecule has 0 aliphatic rings. The fraction of sp³-hybridized carbons (Fsp3) is 0.864. The highest BCUT2D eigenvalue weighted by molar-refractivity contribution is 5.66. The van der Waals surface area contributed by atoms with Crippen LogP contribution in [0, 0.1) is 0 Å². The second-order valence-electron chi connectivity index (χ2n) is 6.83. The molecule has 1 unspecified atom stereocenters. The molecule has 0 aromatic rings. The Hall–Kier alpha value is -0.870. The molecule has 0 aliphatic heterocycles. The number of carboxylic acid groups (broad SMARTS) is 1. The molecule has 0 heterocycles. The van der Waals surface area contributed by atoms with Crippen LogP contribution in [0.15, 0.2) is 12.7 Å². The summed E-state index contributed by atoms with van der Waals surface area (Å²) in [4.78, 5) is 10.3. The quantitative estimate of drug-likeness (QED) is 0.239. The Morgan fingerprint density at radius 2 is 1.15 bits per heavy atom. The van der Waals surface area contributed by atoms with Gasteiger partial charge in [0.05, 0.1) is 12.7 Å². The fourth-order valence-electron chi connectivity index (χ4n) is 2.29. The van der Waals surface area contributed by atoms with E-state index in [-0.39, 0.29) is 6.61 Å². The van der Waals surface area contributed by atoms with Crippen molar-refractivity contribution in [2.75, 3.05) is 6.61 Å². The average molecular weight is 375 g/mol. The monoisotopic (exact) mass is 374 g/mol. The summed E-state index contributed by atoms with van der Waals surface area (Å²) >= 11 is 0. The van der Waals surface area contributed by atoms with Gasteiger partial charge in [0.1, 0.15) is 0 Å². The maximum absolute atomic E-state index is 10.3. The number of carbonyl (C=O) groups is 1. The van der Waals surface area contributed by atoms with Crippen molar-refractivity contribution in [3.05, 3.63) is 12.7 Å². The first-order chi connectivity index (χ1) is 12.5. The fourth-order valence-corrected chi connectivity index (χ4v) is 2.29. The van der Waals surface area contributed by atoms with E-state index in [4.69, 9.17) is 15.3 Å². The molecule has 0 rings (SSSR count). The minimum atomic E-state index is -0.655. The van der Waals surface area contributed by atoms with Gasteiger partial charge >= 0.3 is 5.97 Å². The standard InChI is InChI=1S/C16H32O2.C3H8O2.C3H6/c1-2-3-4-5-6-7-8-9-10-11-12-13-14-15-16(17)18;1-3(5)2-4;1-3-2/h2-15H2,1H3,(H,17,18);3-5H,2H2,1H3;3H,1H2,2H3. The lowest BCUT2D eigenvalue weighted by Gasteiger charge is -2.02. The zero-order valence-electron chi connectivity index (χ0n) is 17.7. The second kappa shape index (κ2) is 28.9. The molecule has 4 nitrogen and oxygen atoms in total. The summed E-state index contributed by atoms with van der Waals surface area (Å²) in [5.41, 5.74) is 0. The predicted molar refractivity (Wildman–Crippen MR) is 113 cm³/mol. The molecular formula is C22H46O4. The van der Waals surface area contributed by atoms with E-state index < -0.39 is 12.1 Å². The molecule has 0 aliphatic carbocycles. The number of rotatable bonds is 15. The maximum Gasteiger partial charge on any atom is 0.303 e. The van der Waals surface area contributed by atoms with E-state index >= 15 is 0 Å². The molecule has 0 saturated carbocycles. The van der Waals surface area contributed by atoms with Gasteiger partial charge in [-0.15, -0.1) is 6.58 Å². The number of allylic oxidation sites excluding steroid dienone is 1. The van der Waals surface area contributed by atoms with Crippen LogP contribution in [0.2, 0.25) is 0 Å². The average Bonchev–Trinajstić information content (AvgIpc) is 2.60. The molecule has 0 aromatic carbocycles. The summed E-state index contributed by atoms with van der Waals surface area (Å²) < 4.78 is 0. The van der Waals surface area contributed by atoms with Crippen molar-refractivity contribution in [1.29, 1.82) is 0 Å². The zero-order valence-corrected chi connectivity index (χ0v) is 17.7. The molecule has 0 fully saturated rings. The maximum atomic E-state index is 10.3. The van der Waals surface area contributed by atoms with E-state index in [9.17, 15) is 4.79 Å². The summed E-state index contributed by atoms with van der Waals surface area (Å²) in [6.45, 7) is 8.90. The molecule has 0 radical (unpaired) electrons. The van der Waals surface area contributed by atoms with Gasteiger partial charge in [-0.1, -0.05) is 90.0 Å². The zero-order chi connectivity index (χ0) is 20.5. The molecule has 26 heavy (non-hydrogen) atoms. The molecule has 0 amide bonds. The van der Waals surface area contributed by atoms with E-state index in [1.807, 2.05) is 6.92 Å². The van der Waals surface area contributed by atoms with Crippen molar-refractivity contribution >= 4 is 5.97 Å². The van der Waals surface area contributed by atoms with E-state index in [0.29, 0.717) is 6.42 Å².